The summed E-state index contributed by atoms with van der Waals surface area (Å²) >= 11 is 0. The van der Waals surface area contributed by atoms with Crippen LogP contribution in [0, 0.1) is 0 Å². The Morgan fingerprint density at radius 3 is 2.54 bits per heavy atom. The summed E-state index contributed by atoms with van der Waals surface area (Å²) in [4.78, 5) is 15.9. The van der Waals surface area contributed by atoms with Gasteiger partial charge >= 0.3 is 0 Å². The molecule has 1 N–H and O–H groups in total. The summed E-state index contributed by atoms with van der Waals surface area (Å²) in [6, 6.07) is 15.2. The molecule has 0 fully saturated rings. The van der Waals surface area contributed by atoms with Crippen molar-refractivity contribution in [3.8, 4) is 11.5 Å². The summed E-state index contributed by atoms with van der Waals surface area (Å²) in [6.07, 6.45) is 0. The third-order valence-corrected chi connectivity index (χ3v) is 3.59. The minimum absolute atomic E-state index is 0.150. The van der Waals surface area contributed by atoms with Gasteiger partial charge in [-0.25, -0.2) is 4.98 Å². The molecule has 124 valence electrons. The predicted octanol–water partition coefficient (Wildman–Crippen LogP) is 3.08. The average Bonchev–Trinajstić information content (AvgIpc) is 2.92. The summed E-state index contributed by atoms with van der Waals surface area (Å²) < 4.78 is 12.8. The number of fused-ring (bicyclic) bond motifs is 1. The second kappa shape index (κ2) is 7.04. The van der Waals surface area contributed by atoms with Gasteiger partial charge in [0, 0.05) is 6.92 Å². The van der Waals surface area contributed by atoms with E-state index in [9.17, 15) is 4.79 Å². The van der Waals surface area contributed by atoms with Gasteiger partial charge in [-0.05, 0) is 36.4 Å². The second-order valence-electron chi connectivity index (χ2n) is 5.28. The van der Waals surface area contributed by atoms with Gasteiger partial charge in [-0.1, -0.05) is 12.1 Å². The molecule has 0 aliphatic heterocycles. The molecule has 1 amide bonds. The molecule has 0 saturated carbocycles. The smallest absolute Gasteiger partial charge is 0.223 e. The number of para-hydroxylation sites is 2. The van der Waals surface area contributed by atoms with Crippen LogP contribution in [0.15, 0.2) is 48.5 Å². The molecule has 0 bridgehead atoms. The molecule has 6 heteroatoms. The molecule has 0 radical (unpaired) electrons. The Bertz CT molecular complexity index is 840. The van der Waals surface area contributed by atoms with E-state index in [2.05, 4.69) is 10.3 Å². The highest BCUT2D eigenvalue weighted by atomic mass is 16.5. The van der Waals surface area contributed by atoms with Crippen LogP contribution in [-0.4, -0.2) is 29.2 Å². The first-order valence-corrected chi connectivity index (χ1v) is 7.67. The summed E-state index contributed by atoms with van der Waals surface area (Å²) in [5.74, 6) is 1.93. The molecular weight excluding hydrogens is 306 g/mol. The van der Waals surface area contributed by atoms with E-state index in [4.69, 9.17) is 9.47 Å². The molecule has 6 nitrogen and oxygen atoms in total. The number of hydrogen-bond donors (Lipinski definition) is 1. The van der Waals surface area contributed by atoms with Crippen LogP contribution in [0.3, 0.4) is 0 Å². The summed E-state index contributed by atoms with van der Waals surface area (Å²) in [5, 5.41) is 2.77. The molecule has 24 heavy (non-hydrogen) atoms. The molecule has 1 heterocycles. The third kappa shape index (κ3) is 3.48. The van der Waals surface area contributed by atoms with Gasteiger partial charge in [0.25, 0.3) is 0 Å². The number of nitrogens with zero attached hydrogens (tertiary/aromatic N) is 2. The van der Waals surface area contributed by atoms with Crippen molar-refractivity contribution in [1.29, 1.82) is 0 Å². The standard InChI is InChI=1S/C18H19N3O3/c1-13(22)19-18-20-16-5-3-4-6-17(16)21(18)11-12-24-15-9-7-14(23-2)8-10-15/h3-10H,11-12H2,1-2H3,(H,19,20,22). The van der Waals surface area contributed by atoms with E-state index < -0.39 is 0 Å². The van der Waals surface area contributed by atoms with Gasteiger partial charge < -0.3 is 14.0 Å². The summed E-state index contributed by atoms with van der Waals surface area (Å²) in [7, 11) is 1.63. The molecule has 2 aromatic carbocycles. The highest BCUT2D eigenvalue weighted by molar-refractivity contribution is 5.89. The highest BCUT2D eigenvalue weighted by Gasteiger charge is 2.11. The molecule has 0 aliphatic rings. The van der Waals surface area contributed by atoms with Crippen LogP contribution in [0.25, 0.3) is 11.0 Å². The summed E-state index contributed by atoms with van der Waals surface area (Å²) in [5.41, 5.74) is 1.80. The Morgan fingerprint density at radius 1 is 1.12 bits per heavy atom. The van der Waals surface area contributed by atoms with Crippen molar-refractivity contribution in [2.75, 3.05) is 19.0 Å². The number of nitrogens with one attached hydrogen (secondary N) is 1. The number of imidazole rings is 1. The monoisotopic (exact) mass is 325 g/mol. The van der Waals surface area contributed by atoms with Crippen molar-refractivity contribution in [3.63, 3.8) is 0 Å². The van der Waals surface area contributed by atoms with E-state index >= 15 is 0 Å². The van der Waals surface area contributed by atoms with E-state index in [1.807, 2.05) is 53.1 Å². The van der Waals surface area contributed by atoms with E-state index in [1.165, 1.54) is 6.92 Å². The molecule has 0 unspecified atom stereocenters. The lowest BCUT2D eigenvalue weighted by molar-refractivity contribution is -0.114. The zero-order chi connectivity index (χ0) is 16.9. The minimum atomic E-state index is -0.150. The zero-order valence-electron chi connectivity index (χ0n) is 13.7. The van der Waals surface area contributed by atoms with E-state index in [0.717, 1.165) is 22.5 Å². The maximum absolute atomic E-state index is 11.4. The first kappa shape index (κ1) is 15.9. The predicted molar refractivity (Wildman–Crippen MR) is 92.5 cm³/mol. The van der Waals surface area contributed by atoms with Gasteiger partial charge in [0.15, 0.2) is 0 Å². The quantitative estimate of drug-likeness (QED) is 0.756. The number of methoxy groups -OCH3 is 1. The van der Waals surface area contributed by atoms with Gasteiger partial charge in [0.2, 0.25) is 11.9 Å². The summed E-state index contributed by atoms with van der Waals surface area (Å²) in [6.45, 7) is 2.50. The fourth-order valence-corrected chi connectivity index (χ4v) is 2.48. The Balaban J connectivity index is 1.74. The zero-order valence-corrected chi connectivity index (χ0v) is 13.7. The van der Waals surface area contributed by atoms with Crippen LogP contribution in [0.2, 0.25) is 0 Å². The number of benzene rings is 2. The van der Waals surface area contributed by atoms with Crippen molar-refractivity contribution in [3.05, 3.63) is 48.5 Å². The molecule has 3 aromatic rings. The maximum atomic E-state index is 11.4. The van der Waals surface area contributed by atoms with Crippen LogP contribution >= 0.6 is 0 Å². The van der Waals surface area contributed by atoms with Crippen LogP contribution < -0.4 is 14.8 Å². The van der Waals surface area contributed by atoms with Gasteiger partial charge in [0.1, 0.15) is 18.1 Å². The number of hydrogen-bond acceptors (Lipinski definition) is 4. The number of anilines is 1. The van der Waals surface area contributed by atoms with Gasteiger partial charge in [0.05, 0.1) is 24.7 Å². The number of rotatable bonds is 6. The fraction of sp³-hybridized carbons (Fsp3) is 0.222. The minimum Gasteiger partial charge on any atom is -0.497 e. The number of amides is 1. The number of ether oxygens (including phenoxy) is 2. The Kier molecular flexibility index (Phi) is 4.65. The largest absolute Gasteiger partial charge is 0.497 e. The lowest BCUT2D eigenvalue weighted by Gasteiger charge is -2.11. The van der Waals surface area contributed by atoms with Crippen LogP contribution in [-0.2, 0) is 11.3 Å². The van der Waals surface area contributed by atoms with Crippen molar-refractivity contribution in [2.45, 2.75) is 13.5 Å². The van der Waals surface area contributed by atoms with Crippen molar-refractivity contribution < 1.29 is 14.3 Å². The van der Waals surface area contributed by atoms with Gasteiger partial charge in [-0.2, -0.15) is 0 Å². The number of aromatic nitrogens is 2. The number of carbonyl (C=O) groups excluding carboxylic acids is 1. The lowest BCUT2D eigenvalue weighted by atomic mass is 10.3. The molecular formula is C18H19N3O3. The topological polar surface area (TPSA) is 65.4 Å². The van der Waals surface area contributed by atoms with Crippen molar-refractivity contribution in [2.24, 2.45) is 0 Å². The van der Waals surface area contributed by atoms with Crippen LogP contribution in [0.5, 0.6) is 11.5 Å². The Labute approximate surface area is 140 Å². The van der Waals surface area contributed by atoms with Gasteiger partial charge in [-0.3, -0.25) is 10.1 Å². The Morgan fingerprint density at radius 2 is 1.83 bits per heavy atom. The van der Waals surface area contributed by atoms with E-state index in [0.29, 0.717) is 19.1 Å². The highest BCUT2D eigenvalue weighted by Crippen LogP contribution is 2.20. The second-order valence-corrected chi connectivity index (χ2v) is 5.28. The molecule has 3 rings (SSSR count). The Hall–Kier alpha value is -3.02. The first-order chi connectivity index (χ1) is 11.7. The molecule has 0 atom stereocenters. The molecule has 0 aliphatic carbocycles. The van der Waals surface area contributed by atoms with Gasteiger partial charge in [-0.15, -0.1) is 0 Å². The molecule has 0 saturated heterocycles. The van der Waals surface area contributed by atoms with E-state index in [1.54, 1.807) is 7.11 Å². The molecule has 0 spiro atoms. The first-order valence-electron chi connectivity index (χ1n) is 7.67. The normalized spacial score (nSPS) is 10.6. The van der Waals surface area contributed by atoms with Crippen molar-refractivity contribution in [1.82, 2.24) is 9.55 Å². The van der Waals surface area contributed by atoms with Crippen LogP contribution in [0.4, 0.5) is 5.95 Å². The van der Waals surface area contributed by atoms with Crippen LogP contribution in [0.1, 0.15) is 6.92 Å². The van der Waals surface area contributed by atoms with Crippen molar-refractivity contribution >= 4 is 22.9 Å². The average molecular weight is 325 g/mol. The SMILES string of the molecule is COc1ccc(OCCn2c(NC(C)=O)nc3ccccc32)cc1. The third-order valence-electron chi connectivity index (χ3n) is 3.59. The number of carbonyl (C=O) groups is 1. The molecule has 1 aromatic heterocycles. The lowest BCUT2D eigenvalue weighted by Crippen LogP contribution is -2.15. The van der Waals surface area contributed by atoms with E-state index in [-0.39, 0.29) is 5.91 Å². The maximum Gasteiger partial charge on any atom is 0.223 e. The fourth-order valence-electron chi connectivity index (χ4n) is 2.48.